The van der Waals surface area contributed by atoms with Gasteiger partial charge in [-0.05, 0) is 29.8 Å². The number of para-hydroxylation sites is 1. The number of ether oxygens (including phenoxy) is 2. The summed E-state index contributed by atoms with van der Waals surface area (Å²) in [5.74, 6) is 0.438. The molecule has 1 saturated heterocycles. The van der Waals surface area contributed by atoms with Gasteiger partial charge in [-0.1, -0.05) is 12.1 Å². The fourth-order valence-corrected chi connectivity index (χ4v) is 5.58. The smallest absolute Gasteiger partial charge is 0.246 e. The molecule has 1 fully saturated rings. The van der Waals surface area contributed by atoms with Crippen LogP contribution in [-0.4, -0.2) is 68.1 Å². The van der Waals surface area contributed by atoms with Gasteiger partial charge in [-0.3, -0.25) is 9.88 Å². The highest BCUT2D eigenvalue weighted by Crippen LogP contribution is 2.38. The molecule has 0 amide bonds. The summed E-state index contributed by atoms with van der Waals surface area (Å²) >= 11 is 0. The first-order valence-corrected chi connectivity index (χ1v) is 10.8. The van der Waals surface area contributed by atoms with Crippen LogP contribution in [0, 0.1) is 0 Å². The third kappa shape index (κ3) is 3.77. The average Bonchev–Trinajstić information content (AvgIpc) is 3.04. The van der Waals surface area contributed by atoms with Crippen molar-refractivity contribution < 1.29 is 17.9 Å². The van der Waals surface area contributed by atoms with Crippen molar-refractivity contribution in [1.82, 2.24) is 14.2 Å². The minimum absolute atomic E-state index is 0.232. The molecule has 28 heavy (non-hydrogen) atoms. The van der Waals surface area contributed by atoms with Crippen LogP contribution in [0.5, 0.6) is 5.75 Å². The van der Waals surface area contributed by atoms with E-state index in [9.17, 15) is 8.42 Å². The van der Waals surface area contributed by atoms with E-state index in [0.717, 1.165) is 19.5 Å². The number of likely N-dealkylation sites (tertiary alicyclic amines) is 1. The Labute approximate surface area is 165 Å². The van der Waals surface area contributed by atoms with Crippen molar-refractivity contribution in [2.45, 2.75) is 23.5 Å². The van der Waals surface area contributed by atoms with Gasteiger partial charge in [-0.15, -0.1) is 0 Å². The van der Waals surface area contributed by atoms with Gasteiger partial charge in [-0.25, -0.2) is 8.42 Å². The molecular formula is C20H25N3O4S. The predicted octanol–water partition coefficient (Wildman–Crippen LogP) is 1.76. The molecule has 0 bridgehead atoms. The van der Waals surface area contributed by atoms with Crippen LogP contribution in [0.15, 0.2) is 53.7 Å². The number of pyridine rings is 1. The Morgan fingerprint density at radius 1 is 1.18 bits per heavy atom. The minimum Gasteiger partial charge on any atom is -0.483 e. The number of fused-ring (bicyclic) bond motifs is 1. The van der Waals surface area contributed by atoms with Gasteiger partial charge < -0.3 is 9.47 Å². The molecular weight excluding hydrogens is 378 g/mol. The zero-order valence-corrected chi connectivity index (χ0v) is 16.8. The SMILES string of the molecule is COCCN1C[C@]2(CCN(Cc3ccncc3)C2)Oc2ccccc2S1(=O)=O. The number of rotatable bonds is 5. The topological polar surface area (TPSA) is 72.0 Å². The molecule has 0 N–H and O–H groups in total. The third-order valence-corrected chi connectivity index (χ3v) is 7.24. The molecule has 8 heteroatoms. The van der Waals surface area contributed by atoms with Crippen molar-refractivity contribution in [1.29, 1.82) is 0 Å². The van der Waals surface area contributed by atoms with Crippen LogP contribution in [-0.2, 0) is 21.3 Å². The summed E-state index contributed by atoms with van der Waals surface area (Å²) in [6.45, 7) is 3.28. The van der Waals surface area contributed by atoms with Gasteiger partial charge in [-0.2, -0.15) is 4.31 Å². The van der Waals surface area contributed by atoms with E-state index in [1.165, 1.54) is 9.87 Å². The van der Waals surface area contributed by atoms with Crippen LogP contribution in [0.4, 0.5) is 0 Å². The standard InChI is InChI=1S/C20H25N3O4S/c1-26-13-12-23-16-20(27-18-4-2-3-5-19(18)28(23,24)25)8-11-22(15-20)14-17-6-9-21-10-7-17/h2-7,9-10H,8,11-16H2,1H3/t20-/m1/s1. The van der Waals surface area contributed by atoms with Gasteiger partial charge >= 0.3 is 0 Å². The largest absolute Gasteiger partial charge is 0.483 e. The predicted molar refractivity (Wildman–Crippen MR) is 105 cm³/mol. The molecule has 2 aromatic rings. The first kappa shape index (κ1) is 19.3. The van der Waals surface area contributed by atoms with E-state index >= 15 is 0 Å². The summed E-state index contributed by atoms with van der Waals surface area (Å²) in [4.78, 5) is 6.61. The number of nitrogens with zero attached hydrogens (tertiary/aromatic N) is 3. The Balaban J connectivity index is 1.62. The lowest BCUT2D eigenvalue weighted by Gasteiger charge is -2.32. The zero-order chi connectivity index (χ0) is 19.6. The summed E-state index contributed by atoms with van der Waals surface area (Å²) in [6.07, 6.45) is 4.35. The monoisotopic (exact) mass is 403 g/mol. The summed E-state index contributed by atoms with van der Waals surface area (Å²) in [5, 5.41) is 0. The van der Waals surface area contributed by atoms with Gasteiger partial charge in [0.15, 0.2) is 0 Å². The van der Waals surface area contributed by atoms with Crippen molar-refractivity contribution in [3.63, 3.8) is 0 Å². The Hall–Kier alpha value is -2.00. The zero-order valence-electron chi connectivity index (χ0n) is 16.0. The molecule has 1 spiro atoms. The van der Waals surface area contributed by atoms with E-state index in [0.29, 0.717) is 32.0 Å². The molecule has 0 unspecified atom stereocenters. The Morgan fingerprint density at radius 2 is 1.96 bits per heavy atom. The quantitative estimate of drug-likeness (QED) is 0.758. The maximum absolute atomic E-state index is 13.2. The van der Waals surface area contributed by atoms with Crippen LogP contribution >= 0.6 is 0 Å². The molecule has 2 aliphatic rings. The molecule has 0 saturated carbocycles. The molecule has 3 heterocycles. The van der Waals surface area contributed by atoms with Crippen LogP contribution < -0.4 is 4.74 Å². The summed E-state index contributed by atoms with van der Waals surface area (Å²) < 4.78 is 39.5. The number of benzene rings is 1. The first-order valence-electron chi connectivity index (χ1n) is 9.41. The third-order valence-electron chi connectivity index (χ3n) is 5.35. The molecule has 1 atom stereocenters. The maximum Gasteiger partial charge on any atom is 0.246 e. The summed E-state index contributed by atoms with van der Waals surface area (Å²) in [5.41, 5.74) is 0.616. The van der Waals surface area contributed by atoms with E-state index in [4.69, 9.17) is 9.47 Å². The van der Waals surface area contributed by atoms with Gasteiger partial charge in [0.05, 0.1) is 13.2 Å². The molecule has 2 aliphatic heterocycles. The summed E-state index contributed by atoms with van der Waals surface area (Å²) in [6, 6.07) is 10.9. The molecule has 0 aliphatic carbocycles. The van der Waals surface area contributed by atoms with E-state index < -0.39 is 15.6 Å². The van der Waals surface area contributed by atoms with Gasteiger partial charge in [0.1, 0.15) is 16.2 Å². The van der Waals surface area contributed by atoms with Crippen LogP contribution in [0.25, 0.3) is 0 Å². The maximum atomic E-state index is 13.2. The van der Waals surface area contributed by atoms with Crippen molar-refractivity contribution in [3.8, 4) is 5.75 Å². The lowest BCUT2D eigenvalue weighted by atomic mass is 10.0. The van der Waals surface area contributed by atoms with Gasteiger partial charge in [0.25, 0.3) is 0 Å². The van der Waals surface area contributed by atoms with Crippen LogP contribution in [0.1, 0.15) is 12.0 Å². The van der Waals surface area contributed by atoms with Crippen molar-refractivity contribution in [3.05, 3.63) is 54.4 Å². The molecule has 0 radical (unpaired) electrons. The summed E-state index contributed by atoms with van der Waals surface area (Å²) in [7, 11) is -2.05. The Morgan fingerprint density at radius 3 is 2.75 bits per heavy atom. The molecule has 4 rings (SSSR count). The van der Waals surface area contributed by atoms with E-state index in [2.05, 4.69) is 9.88 Å². The van der Waals surface area contributed by atoms with Crippen molar-refractivity contribution >= 4 is 10.0 Å². The number of sulfonamides is 1. The molecule has 1 aromatic heterocycles. The van der Waals surface area contributed by atoms with E-state index in [1.54, 1.807) is 37.7 Å². The number of hydrogen-bond acceptors (Lipinski definition) is 6. The van der Waals surface area contributed by atoms with Crippen LogP contribution in [0.3, 0.4) is 0 Å². The van der Waals surface area contributed by atoms with Crippen LogP contribution in [0.2, 0.25) is 0 Å². The second-order valence-electron chi connectivity index (χ2n) is 7.38. The van der Waals surface area contributed by atoms with Gasteiger partial charge in [0.2, 0.25) is 10.0 Å². The van der Waals surface area contributed by atoms with E-state index in [1.807, 2.05) is 18.2 Å². The van der Waals surface area contributed by atoms with Gasteiger partial charge in [0, 0.05) is 52.1 Å². The first-order chi connectivity index (χ1) is 13.5. The Bertz CT molecular complexity index is 922. The molecule has 7 nitrogen and oxygen atoms in total. The Kier molecular flexibility index (Phi) is 5.37. The fourth-order valence-electron chi connectivity index (χ4n) is 3.97. The lowest BCUT2D eigenvalue weighted by molar-refractivity contribution is 0.0533. The number of methoxy groups -OCH3 is 1. The van der Waals surface area contributed by atoms with E-state index in [-0.39, 0.29) is 4.90 Å². The number of hydrogen-bond donors (Lipinski definition) is 0. The second-order valence-corrected chi connectivity index (χ2v) is 9.29. The molecule has 1 aromatic carbocycles. The lowest BCUT2D eigenvalue weighted by Crippen LogP contribution is -2.49. The normalized spacial score (nSPS) is 24.6. The highest BCUT2D eigenvalue weighted by atomic mass is 32.2. The highest BCUT2D eigenvalue weighted by Gasteiger charge is 2.47. The van der Waals surface area contributed by atoms with Crippen molar-refractivity contribution in [2.24, 2.45) is 0 Å². The fraction of sp³-hybridized carbons (Fsp3) is 0.450. The minimum atomic E-state index is -3.63. The highest BCUT2D eigenvalue weighted by molar-refractivity contribution is 7.89. The molecule has 150 valence electrons. The average molecular weight is 404 g/mol. The number of aromatic nitrogens is 1. The second kappa shape index (κ2) is 7.79. The van der Waals surface area contributed by atoms with Crippen molar-refractivity contribution in [2.75, 3.05) is 39.9 Å².